The molecule has 2 aliphatic heterocycles. The molecule has 0 unspecified atom stereocenters. The average Bonchev–Trinajstić information content (AvgIpc) is 3.32. The Morgan fingerprint density at radius 1 is 0.514 bits per heavy atom. The summed E-state index contributed by atoms with van der Waals surface area (Å²) in [5.74, 6) is 0.633. The number of aromatic nitrogens is 4. The molecule has 0 aliphatic carbocycles. The summed E-state index contributed by atoms with van der Waals surface area (Å²) in [5.41, 5.74) is 7.99. The monoisotopic (exact) mass is 448 g/mol. The lowest BCUT2D eigenvalue weighted by Crippen LogP contribution is -2.06. The van der Waals surface area contributed by atoms with E-state index in [0.717, 1.165) is 55.6 Å². The predicted octanol–water partition coefficient (Wildman–Crippen LogP) is 7.41. The summed E-state index contributed by atoms with van der Waals surface area (Å²) in [6.07, 6.45) is 2.13. The first-order chi connectivity index (χ1) is 17.3. The van der Waals surface area contributed by atoms with Crippen LogP contribution in [0.5, 0.6) is 0 Å². The van der Waals surface area contributed by atoms with Crippen LogP contribution in [-0.4, -0.2) is 19.5 Å². The van der Waals surface area contributed by atoms with Crippen molar-refractivity contribution < 1.29 is 0 Å². The van der Waals surface area contributed by atoms with Gasteiger partial charge in [-0.2, -0.15) is 0 Å². The maximum Gasteiger partial charge on any atom is 0.235 e. The third-order valence-corrected chi connectivity index (χ3v) is 6.43. The molecular weight excluding hydrogens is 428 g/mol. The molecule has 0 N–H and O–H groups in total. The van der Waals surface area contributed by atoms with E-state index in [1.54, 1.807) is 0 Å². The molecule has 1 aromatic heterocycles. The molecule has 0 saturated heterocycles. The molecule has 0 bridgehead atoms. The molecule has 35 heavy (non-hydrogen) atoms. The Kier molecular flexibility index (Phi) is 4.42. The van der Waals surface area contributed by atoms with E-state index < -0.39 is 0 Å². The van der Waals surface area contributed by atoms with Gasteiger partial charge in [0.1, 0.15) is 0 Å². The molecule has 5 aromatic rings. The van der Waals surface area contributed by atoms with E-state index in [1.165, 1.54) is 0 Å². The maximum atomic E-state index is 5.05. The lowest BCUT2D eigenvalue weighted by atomic mass is 10.1. The number of nitrogens with zero attached hydrogens (tertiary/aromatic N) is 4. The second kappa shape index (κ2) is 7.89. The smallest absolute Gasteiger partial charge is 0.235 e. The van der Waals surface area contributed by atoms with Gasteiger partial charge < -0.3 is 0 Å². The Hall–Kier alpha value is -4.83. The summed E-state index contributed by atoms with van der Waals surface area (Å²) >= 11 is 0. The van der Waals surface area contributed by atoms with Crippen molar-refractivity contribution in [1.29, 1.82) is 0 Å². The van der Waals surface area contributed by atoms with Crippen LogP contribution in [0.3, 0.4) is 0 Å². The van der Waals surface area contributed by atoms with Crippen LogP contribution in [0.1, 0.15) is 0 Å². The molecule has 7 rings (SSSR count). The van der Waals surface area contributed by atoms with Crippen molar-refractivity contribution in [3.05, 3.63) is 121 Å². The fraction of sp³-hybridized carbons (Fsp3) is 0. The van der Waals surface area contributed by atoms with Crippen LogP contribution in [0.25, 0.3) is 61.5 Å². The number of hydrogen-bond donors (Lipinski definition) is 0. The zero-order valence-electron chi connectivity index (χ0n) is 18.8. The lowest BCUT2D eigenvalue weighted by Gasteiger charge is -2.15. The number of benzene rings is 4. The molecule has 164 valence electrons. The minimum absolute atomic E-state index is 0.633. The molecule has 4 heteroatoms. The van der Waals surface area contributed by atoms with Crippen molar-refractivity contribution in [2.75, 3.05) is 0 Å². The summed E-state index contributed by atoms with van der Waals surface area (Å²) in [4.78, 5) is 15.1. The first-order valence-corrected chi connectivity index (χ1v) is 11.6. The van der Waals surface area contributed by atoms with E-state index in [0.29, 0.717) is 5.95 Å². The van der Waals surface area contributed by atoms with Crippen molar-refractivity contribution in [3.63, 3.8) is 0 Å². The molecule has 0 amide bonds. The van der Waals surface area contributed by atoms with Gasteiger partial charge in [-0.15, -0.1) is 0 Å². The Labute approximate surface area is 202 Å². The highest BCUT2D eigenvalue weighted by atomic mass is 15.1. The summed E-state index contributed by atoms with van der Waals surface area (Å²) in [6, 6.07) is 39.2. The van der Waals surface area contributed by atoms with Crippen molar-refractivity contribution >= 4 is 21.8 Å². The summed E-state index contributed by atoms with van der Waals surface area (Å²) in [5, 5.41) is 2.21. The molecule has 0 saturated carbocycles. The highest BCUT2D eigenvalue weighted by Crippen LogP contribution is 2.37. The lowest BCUT2D eigenvalue weighted by molar-refractivity contribution is 0.959. The normalized spacial score (nSPS) is 11.4. The minimum atomic E-state index is 0.633. The molecular formula is C31H20N4. The van der Waals surface area contributed by atoms with Gasteiger partial charge in [-0.25, -0.2) is 15.0 Å². The Morgan fingerprint density at radius 2 is 1.09 bits per heavy atom. The van der Waals surface area contributed by atoms with Gasteiger partial charge in [0.05, 0.1) is 28.1 Å². The van der Waals surface area contributed by atoms with Crippen LogP contribution in [-0.2, 0) is 0 Å². The van der Waals surface area contributed by atoms with Gasteiger partial charge in [-0.3, -0.25) is 4.57 Å². The van der Waals surface area contributed by atoms with Gasteiger partial charge in [0.25, 0.3) is 0 Å². The number of hydrogen-bond acceptors (Lipinski definition) is 3. The molecule has 0 atom stereocenters. The topological polar surface area (TPSA) is 43.6 Å². The molecule has 4 nitrogen and oxygen atoms in total. The van der Waals surface area contributed by atoms with E-state index >= 15 is 0 Å². The standard InChI is InChI=1S/C31H20N4/c1-3-11-21(12-4-1)27-19-28(22-13-5-2-6-14-22)34-31(33-27)35-20-25-23-15-7-9-17-26(23)32-30(25)24-16-8-10-18-29(24)35/h1-20H. The summed E-state index contributed by atoms with van der Waals surface area (Å²) in [6.45, 7) is 0. The molecule has 0 spiro atoms. The zero-order chi connectivity index (χ0) is 23.2. The number of fused-ring (bicyclic) bond motifs is 5. The first kappa shape index (κ1) is 19.6. The van der Waals surface area contributed by atoms with E-state index in [4.69, 9.17) is 15.0 Å². The van der Waals surface area contributed by atoms with Gasteiger partial charge in [0.15, 0.2) is 0 Å². The van der Waals surface area contributed by atoms with Gasteiger partial charge >= 0.3 is 0 Å². The van der Waals surface area contributed by atoms with Crippen LogP contribution in [0.15, 0.2) is 121 Å². The number of rotatable bonds is 3. The second-order valence-electron chi connectivity index (χ2n) is 8.58. The van der Waals surface area contributed by atoms with Crippen LogP contribution < -0.4 is 0 Å². The van der Waals surface area contributed by atoms with E-state index in [-0.39, 0.29) is 0 Å². The number of pyridine rings is 1. The van der Waals surface area contributed by atoms with Crippen molar-refractivity contribution in [3.8, 4) is 39.7 Å². The van der Waals surface area contributed by atoms with E-state index in [9.17, 15) is 0 Å². The van der Waals surface area contributed by atoms with Gasteiger partial charge in [-0.1, -0.05) is 97.1 Å². The van der Waals surface area contributed by atoms with Crippen LogP contribution in [0, 0.1) is 0 Å². The highest BCUT2D eigenvalue weighted by molar-refractivity contribution is 6.06. The van der Waals surface area contributed by atoms with Crippen LogP contribution >= 0.6 is 0 Å². The first-order valence-electron chi connectivity index (χ1n) is 11.6. The van der Waals surface area contributed by atoms with Gasteiger partial charge in [0.2, 0.25) is 5.95 Å². The fourth-order valence-electron chi connectivity index (χ4n) is 4.75. The summed E-state index contributed by atoms with van der Waals surface area (Å²) in [7, 11) is 0. The SMILES string of the molecule is c1ccc(-c2cc(-c3ccccc3)nc(-n3cc4c5ccccc5nc-4c4ccccc43)n2)cc1. The van der Waals surface area contributed by atoms with Crippen LogP contribution in [0.2, 0.25) is 0 Å². The largest absolute Gasteiger partial charge is 0.285 e. The Bertz CT molecular complexity index is 1730. The third kappa shape index (κ3) is 3.27. The highest BCUT2D eigenvalue weighted by Gasteiger charge is 2.19. The zero-order valence-corrected chi connectivity index (χ0v) is 18.8. The van der Waals surface area contributed by atoms with Crippen LogP contribution in [0.4, 0.5) is 0 Å². The maximum absolute atomic E-state index is 5.05. The average molecular weight is 449 g/mol. The summed E-state index contributed by atoms with van der Waals surface area (Å²) < 4.78 is 2.10. The Balaban J connectivity index is 1.57. The number of para-hydroxylation sites is 2. The second-order valence-corrected chi connectivity index (χ2v) is 8.58. The Morgan fingerprint density at radius 3 is 1.77 bits per heavy atom. The van der Waals surface area contributed by atoms with Gasteiger partial charge in [-0.05, 0) is 18.2 Å². The van der Waals surface area contributed by atoms with Gasteiger partial charge in [0, 0.05) is 33.7 Å². The third-order valence-electron chi connectivity index (χ3n) is 6.43. The molecule has 4 aromatic carbocycles. The quantitative estimate of drug-likeness (QED) is 0.283. The molecule has 0 fully saturated rings. The molecule has 3 heterocycles. The predicted molar refractivity (Wildman–Crippen MR) is 142 cm³/mol. The van der Waals surface area contributed by atoms with Crippen molar-refractivity contribution in [2.24, 2.45) is 0 Å². The molecule has 0 radical (unpaired) electrons. The van der Waals surface area contributed by atoms with E-state index in [1.807, 2.05) is 48.5 Å². The molecule has 2 aliphatic rings. The van der Waals surface area contributed by atoms with Crippen molar-refractivity contribution in [2.45, 2.75) is 0 Å². The fourth-order valence-corrected chi connectivity index (χ4v) is 4.75. The minimum Gasteiger partial charge on any atom is -0.285 e. The van der Waals surface area contributed by atoms with E-state index in [2.05, 4.69) is 77.5 Å². The van der Waals surface area contributed by atoms with Crippen molar-refractivity contribution in [1.82, 2.24) is 19.5 Å².